The molecule has 0 aliphatic heterocycles. The standard InChI is InChI=1S/C26H21F2NS/c1-3-4-5-19-6-8-20(9-7-19)10-11-21-12-13-22(14-18(21)2)23-15-24(27)26(29-17-30)25(28)16-23/h6-9,12-16H,3-5H2,1-2H3. The first-order chi connectivity index (χ1) is 14.5. The fourth-order valence-electron chi connectivity index (χ4n) is 3.14. The van der Waals surface area contributed by atoms with Crippen molar-refractivity contribution < 1.29 is 8.78 Å². The number of isothiocyanates is 1. The third-order valence-electron chi connectivity index (χ3n) is 4.85. The van der Waals surface area contributed by atoms with Crippen molar-refractivity contribution in [1.29, 1.82) is 0 Å². The summed E-state index contributed by atoms with van der Waals surface area (Å²) >= 11 is 4.43. The van der Waals surface area contributed by atoms with Gasteiger partial charge in [0, 0.05) is 11.1 Å². The van der Waals surface area contributed by atoms with Crippen LogP contribution in [0.3, 0.4) is 0 Å². The smallest absolute Gasteiger partial charge is 0.153 e. The number of unbranched alkanes of at least 4 members (excludes halogenated alkanes) is 1. The van der Waals surface area contributed by atoms with E-state index in [-0.39, 0.29) is 0 Å². The minimum absolute atomic E-state index is 0.423. The van der Waals surface area contributed by atoms with Crippen molar-refractivity contribution in [1.82, 2.24) is 0 Å². The van der Waals surface area contributed by atoms with Gasteiger partial charge in [-0.15, -0.1) is 0 Å². The molecular weight excluding hydrogens is 396 g/mol. The summed E-state index contributed by atoms with van der Waals surface area (Å²) in [6, 6.07) is 16.4. The second kappa shape index (κ2) is 10.1. The maximum Gasteiger partial charge on any atom is 0.153 e. The summed E-state index contributed by atoms with van der Waals surface area (Å²) in [5.41, 5.74) is 4.79. The number of benzene rings is 3. The van der Waals surface area contributed by atoms with E-state index in [9.17, 15) is 8.78 Å². The van der Waals surface area contributed by atoms with E-state index in [1.807, 2.05) is 36.4 Å². The number of nitrogens with zero attached hydrogens (tertiary/aromatic N) is 1. The van der Waals surface area contributed by atoms with Crippen LogP contribution in [0.25, 0.3) is 11.1 Å². The second-order valence-corrected chi connectivity index (χ2v) is 7.25. The Morgan fingerprint density at radius 3 is 2.20 bits per heavy atom. The minimum atomic E-state index is -0.772. The Morgan fingerprint density at radius 2 is 1.60 bits per heavy atom. The molecule has 3 rings (SSSR count). The fourth-order valence-corrected chi connectivity index (χ4v) is 3.23. The first-order valence-electron chi connectivity index (χ1n) is 9.80. The summed E-state index contributed by atoms with van der Waals surface area (Å²) in [5, 5.41) is 1.99. The molecule has 3 aromatic carbocycles. The lowest BCUT2D eigenvalue weighted by molar-refractivity contribution is 0.588. The normalized spacial score (nSPS) is 10.1. The van der Waals surface area contributed by atoms with E-state index in [1.54, 1.807) is 6.07 Å². The molecule has 0 amide bonds. The first-order valence-corrected chi connectivity index (χ1v) is 10.2. The highest BCUT2D eigenvalue weighted by atomic mass is 32.1. The van der Waals surface area contributed by atoms with Crippen molar-refractivity contribution in [3.05, 3.63) is 88.5 Å². The number of aryl methyl sites for hydroxylation is 2. The first kappa shape index (κ1) is 21.6. The lowest BCUT2D eigenvalue weighted by Gasteiger charge is -2.07. The zero-order chi connectivity index (χ0) is 21.5. The Kier molecular flexibility index (Phi) is 7.25. The average molecular weight is 418 g/mol. The number of hydrogen-bond donors (Lipinski definition) is 0. The van der Waals surface area contributed by atoms with Gasteiger partial charge in [0.2, 0.25) is 0 Å². The third-order valence-corrected chi connectivity index (χ3v) is 4.94. The summed E-state index contributed by atoms with van der Waals surface area (Å²) in [6.07, 6.45) is 3.46. The Balaban J connectivity index is 1.83. The summed E-state index contributed by atoms with van der Waals surface area (Å²) in [7, 11) is 0. The van der Waals surface area contributed by atoms with Gasteiger partial charge in [-0.1, -0.05) is 49.5 Å². The Labute approximate surface area is 181 Å². The Morgan fingerprint density at radius 1 is 0.900 bits per heavy atom. The lowest BCUT2D eigenvalue weighted by Crippen LogP contribution is -1.89. The second-order valence-electron chi connectivity index (χ2n) is 7.07. The van der Waals surface area contributed by atoms with Crippen LogP contribution in [0.5, 0.6) is 0 Å². The molecule has 0 N–H and O–H groups in total. The molecule has 0 saturated heterocycles. The van der Waals surface area contributed by atoms with Crippen LogP contribution in [-0.4, -0.2) is 5.16 Å². The highest BCUT2D eigenvalue weighted by Crippen LogP contribution is 2.30. The van der Waals surface area contributed by atoms with Crippen LogP contribution in [0.2, 0.25) is 0 Å². The van der Waals surface area contributed by atoms with Crippen LogP contribution in [0.1, 0.15) is 42.0 Å². The van der Waals surface area contributed by atoms with E-state index in [1.165, 1.54) is 30.5 Å². The van der Waals surface area contributed by atoms with Crippen molar-refractivity contribution in [2.45, 2.75) is 33.1 Å². The van der Waals surface area contributed by atoms with Crippen molar-refractivity contribution in [3.63, 3.8) is 0 Å². The predicted octanol–water partition coefficient (Wildman–Crippen LogP) is 7.42. The number of rotatable bonds is 5. The average Bonchev–Trinajstić information content (AvgIpc) is 2.74. The third kappa shape index (κ3) is 5.27. The molecule has 0 spiro atoms. The number of hydrogen-bond acceptors (Lipinski definition) is 2. The molecule has 0 saturated carbocycles. The molecule has 0 atom stereocenters. The lowest BCUT2D eigenvalue weighted by atomic mass is 9.99. The fraction of sp³-hybridized carbons (Fsp3) is 0.192. The molecule has 30 heavy (non-hydrogen) atoms. The molecule has 150 valence electrons. The number of thiocarbonyl (C=S) groups is 1. The zero-order valence-electron chi connectivity index (χ0n) is 16.9. The molecule has 0 bridgehead atoms. The van der Waals surface area contributed by atoms with Gasteiger partial charge in [0.05, 0.1) is 5.16 Å². The van der Waals surface area contributed by atoms with E-state index in [0.717, 1.165) is 23.1 Å². The van der Waals surface area contributed by atoms with Gasteiger partial charge < -0.3 is 0 Å². The van der Waals surface area contributed by atoms with Crippen LogP contribution in [0, 0.1) is 30.4 Å². The van der Waals surface area contributed by atoms with Crippen LogP contribution >= 0.6 is 12.2 Å². The maximum absolute atomic E-state index is 14.1. The number of halogens is 2. The molecule has 3 aromatic rings. The van der Waals surface area contributed by atoms with E-state index in [4.69, 9.17) is 0 Å². The van der Waals surface area contributed by atoms with Gasteiger partial charge in [-0.05, 0) is 84.6 Å². The van der Waals surface area contributed by atoms with E-state index in [2.05, 4.69) is 48.1 Å². The molecular formula is C26H21F2NS. The van der Waals surface area contributed by atoms with Crippen LogP contribution in [-0.2, 0) is 6.42 Å². The monoisotopic (exact) mass is 417 g/mol. The van der Waals surface area contributed by atoms with Gasteiger partial charge in [-0.25, -0.2) is 8.78 Å². The summed E-state index contributed by atoms with van der Waals surface area (Å²) in [5.74, 6) is 4.83. The largest absolute Gasteiger partial charge is 0.204 e. The SMILES string of the molecule is CCCCc1ccc(C#Cc2ccc(-c3cc(F)c(N=C=S)c(F)c3)cc2C)cc1. The van der Waals surface area contributed by atoms with E-state index < -0.39 is 17.3 Å². The molecule has 0 aliphatic carbocycles. The Bertz CT molecular complexity index is 1140. The maximum atomic E-state index is 14.1. The van der Waals surface area contributed by atoms with Crippen LogP contribution in [0.4, 0.5) is 14.5 Å². The van der Waals surface area contributed by atoms with Crippen molar-refractivity contribution in [2.24, 2.45) is 4.99 Å². The van der Waals surface area contributed by atoms with Crippen molar-refractivity contribution in [2.75, 3.05) is 0 Å². The topological polar surface area (TPSA) is 12.4 Å². The van der Waals surface area contributed by atoms with Gasteiger partial charge in [0.1, 0.15) is 5.69 Å². The predicted molar refractivity (Wildman–Crippen MR) is 122 cm³/mol. The van der Waals surface area contributed by atoms with E-state index >= 15 is 0 Å². The van der Waals surface area contributed by atoms with Crippen LogP contribution in [0.15, 0.2) is 59.6 Å². The summed E-state index contributed by atoms with van der Waals surface area (Å²) < 4.78 is 28.3. The van der Waals surface area contributed by atoms with Gasteiger partial charge in [-0.3, -0.25) is 0 Å². The summed E-state index contributed by atoms with van der Waals surface area (Å²) in [4.78, 5) is 3.44. The van der Waals surface area contributed by atoms with Gasteiger partial charge >= 0.3 is 0 Å². The number of aliphatic imine (C=N–C) groups is 1. The molecule has 4 heteroatoms. The van der Waals surface area contributed by atoms with E-state index in [0.29, 0.717) is 11.1 Å². The zero-order valence-corrected chi connectivity index (χ0v) is 17.7. The summed E-state index contributed by atoms with van der Waals surface area (Å²) in [6.45, 7) is 4.12. The van der Waals surface area contributed by atoms with Crippen LogP contribution < -0.4 is 0 Å². The van der Waals surface area contributed by atoms with Gasteiger partial charge in [-0.2, -0.15) is 4.99 Å². The molecule has 0 fully saturated rings. The van der Waals surface area contributed by atoms with Gasteiger partial charge in [0.15, 0.2) is 11.6 Å². The Hall–Kier alpha value is -3.12. The highest BCUT2D eigenvalue weighted by molar-refractivity contribution is 7.78. The molecule has 0 heterocycles. The quantitative estimate of drug-likeness (QED) is 0.239. The molecule has 0 unspecified atom stereocenters. The molecule has 0 aromatic heterocycles. The van der Waals surface area contributed by atoms with Crippen molar-refractivity contribution in [3.8, 4) is 23.0 Å². The highest BCUT2D eigenvalue weighted by Gasteiger charge is 2.12. The molecule has 0 aliphatic rings. The minimum Gasteiger partial charge on any atom is -0.204 e. The van der Waals surface area contributed by atoms with Gasteiger partial charge in [0.25, 0.3) is 0 Å². The van der Waals surface area contributed by atoms with Crippen molar-refractivity contribution >= 4 is 23.1 Å². The molecule has 1 nitrogen and oxygen atoms in total. The molecule has 0 radical (unpaired) electrons.